The van der Waals surface area contributed by atoms with Crippen LogP contribution in [0.5, 0.6) is 5.75 Å². The molecule has 1 fully saturated rings. The molecule has 0 saturated heterocycles. The van der Waals surface area contributed by atoms with E-state index in [0.717, 1.165) is 25.0 Å². The Labute approximate surface area is 165 Å². The van der Waals surface area contributed by atoms with Crippen LogP contribution >= 0.6 is 0 Å². The summed E-state index contributed by atoms with van der Waals surface area (Å²) in [5, 5.41) is 8.47. The fourth-order valence-electron chi connectivity index (χ4n) is 2.55. The lowest BCUT2D eigenvalue weighted by atomic mass is 10.2. The van der Waals surface area contributed by atoms with Gasteiger partial charge in [-0.15, -0.1) is 13.2 Å². The molecular formula is C20H20F3N3O3. The molecule has 0 radical (unpaired) electrons. The molecule has 1 saturated carbocycles. The lowest BCUT2D eigenvalue weighted by Gasteiger charge is -2.16. The molecule has 0 aromatic heterocycles. The molecule has 9 heteroatoms. The van der Waals surface area contributed by atoms with Crippen LogP contribution in [-0.4, -0.2) is 24.2 Å². The Hall–Kier alpha value is -3.23. The first kappa shape index (κ1) is 20.5. The first-order valence-electron chi connectivity index (χ1n) is 9.04. The summed E-state index contributed by atoms with van der Waals surface area (Å²) in [5.41, 5.74) is 1.72. The summed E-state index contributed by atoms with van der Waals surface area (Å²) in [5.74, 6) is -0.591. The van der Waals surface area contributed by atoms with Gasteiger partial charge in [-0.25, -0.2) is 0 Å². The van der Waals surface area contributed by atoms with E-state index in [9.17, 15) is 22.8 Å². The average Bonchev–Trinajstić information content (AvgIpc) is 3.49. The fourth-order valence-corrected chi connectivity index (χ4v) is 2.55. The molecule has 2 amide bonds. The van der Waals surface area contributed by atoms with Gasteiger partial charge in [-0.3, -0.25) is 9.59 Å². The maximum absolute atomic E-state index is 12.3. The normalized spacial score (nSPS) is 14.6. The minimum atomic E-state index is -4.76. The van der Waals surface area contributed by atoms with Crippen molar-refractivity contribution in [2.24, 2.45) is 5.92 Å². The highest BCUT2D eigenvalue weighted by Crippen LogP contribution is 2.30. The second-order valence-corrected chi connectivity index (χ2v) is 6.77. The molecule has 2 aromatic carbocycles. The smallest absolute Gasteiger partial charge is 0.406 e. The molecular weight excluding hydrogens is 387 g/mol. The Morgan fingerprint density at radius 3 is 2.00 bits per heavy atom. The Kier molecular flexibility index (Phi) is 5.95. The number of ether oxygens (including phenoxy) is 1. The van der Waals surface area contributed by atoms with Crippen molar-refractivity contribution in [3.8, 4) is 5.75 Å². The Balaban J connectivity index is 1.50. The van der Waals surface area contributed by atoms with E-state index in [4.69, 9.17) is 0 Å². The lowest BCUT2D eigenvalue weighted by molar-refractivity contribution is -0.274. The highest BCUT2D eigenvalue weighted by atomic mass is 19.4. The van der Waals surface area contributed by atoms with E-state index in [1.807, 2.05) is 0 Å². The van der Waals surface area contributed by atoms with E-state index < -0.39 is 12.4 Å². The van der Waals surface area contributed by atoms with E-state index in [-0.39, 0.29) is 23.5 Å². The van der Waals surface area contributed by atoms with Gasteiger partial charge in [0.25, 0.3) is 0 Å². The van der Waals surface area contributed by atoms with Crippen molar-refractivity contribution >= 4 is 28.9 Å². The van der Waals surface area contributed by atoms with Gasteiger partial charge in [-0.1, -0.05) is 0 Å². The van der Waals surface area contributed by atoms with Crippen molar-refractivity contribution in [3.63, 3.8) is 0 Å². The minimum Gasteiger partial charge on any atom is -0.406 e. The summed E-state index contributed by atoms with van der Waals surface area (Å²) in [6.07, 6.45) is -2.91. The van der Waals surface area contributed by atoms with Gasteiger partial charge in [0.2, 0.25) is 11.8 Å². The van der Waals surface area contributed by atoms with Crippen LogP contribution < -0.4 is 20.7 Å². The molecule has 0 heterocycles. The summed E-state index contributed by atoms with van der Waals surface area (Å²) in [6, 6.07) is 11.3. The predicted octanol–water partition coefficient (Wildman–Crippen LogP) is 4.37. The summed E-state index contributed by atoms with van der Waals surface area (Å²) in [6.45, 7) is 1.65. The number of carbonyl (C=O) groups is 2. The first-order valence-corrected chi connectivity index (χ1v) is 9.04. The Morgan fingerprint density at radius 2 is 1.45 bits per heavy atom. The van der Waals surface area contributed by atoms with Crippen LogP contribution in [0.4, 0.5) is 30.2 Å². The maximum Gasteiger partial charge on any atom is 0.573 e. The van der Waals surface area contributed by atoms with Gasteiger partial charge < -0.3 is 20.7 Å². The number of benzene rings is 2. The number of rotatable bonds is 7. The lowest BCUT2D eigenvalue weighted by Crippen LogP contribution is -2.31. The van der Waals surface area contributed by atoms with Crippen LogP contribution in [0.3, 0.4) is 0 Å². The molecule has 154 valence electrons. The second-order valence-electron chi connectivity index (χ2n) is 6.77. The molecule has 3 rings (SSSR count). The predicted molar refractivity (Wildman–Crippen MR) is 103 cm³/mol. The number of hydrogen-bond donors (Lipinski definition) is 3. The van der Waals surface area contributed by atoms with E-state index in [1.54, 1.807) is 31.2 Å². The summed E-state index contributed by atoms with van der Waals surface area (Å²) in [4.78, 5) is 24.0. The van der Waals surface area contributed by atoms with Crippen LogP contribution in [0.1, 0.15) is 19.8 Å². The van der Waals surface area contributed by atoms with Crippen LogP contribution in [0.25, 0.3) is 0 Å². The largest absolute Gasteiger partial charge is 0.573 e. The number of halogens is 3. The summed E-state index contributed by atoms with van der Waals surface area (Å²) >= 11 is 0. The van der Waals surface area contributed by atoms with Gasteiger partial charge >= 0.3 is 6.36 Å². The third-order valence-electron chi connectivity index (χ3n) is 4.23. The van der Waals surface area contributed by atoms with Gasteiger partial charge in [0.1, 0.15) is 11.8 Å². The molecule has 0 spiro atoms. The van der Waals surface area contributed by atoms with Crippen molar-refractivity contribution in [3.05, 3.63) is 48.5 Å². The zero-order chi connectivity index (χ0) is 21.0. The van der Waals surface area contributed by atoms with Crippen molar-refractivity contribution in [2.45, 2.75) is 32.2 Å². The van der Waals surface area contributed by atoms with Crippen LogP contribution in [0, 0.1) is 5.92 Å². The number of amides is 2. The topological polar surface area (TPSA) is 79.5 Å². The molecule has 1 unspecified atom stereocenters. The number of alkyl halides is 3. The molecule has 6 nitrogen and oxygen atoms in total. The molecule has 1 atom stereocenters. The standard InChI is InChI=1S/C20H20F3N3O3/c1-12(18(27)25-16-8-10-17(11-9-16)29-20(21,22)23)24-14-4-6-15(7-5-14)26-19(28)13-2-3-13/h4-13,24H,2-3H2,1H3,(H,25,27)(H,26,28). The SMILES string of the molecule is CC(Nc1ccc(NC(=O)C2CC2)cc1)C(=O)Nc1ccc(OC(F)(F)F)cc1. The van der Waals surface area contributed by atoms with Gasteiger partial charge in [-0.2, -0.15) is 0 Å². The number of nitrogens with one attached hydrogen (secondary N) is 3. The van der Waals surface area contributed by atoms with Crippen molar-refractivity contribution in [1.29, 1.82) is 0 Å². The van der Waals surface area contributed by atoms with Crippen LogP contribution in [0.2, 0.25) is 0 Å². The molecule has 1 aliphatic rings. The third-order valence-corrected chi connectivity index (χ3v) is 4.23. The maximum atomic E-state index is 12.3. The van der Waals surface area contributed by atoms with E-state index >= 15 is 0 Å². The average molecular weight is 407 g/mol. The number of anilines is 3. The highest BCUT2D eigenvalue weighted by molar-refractivity contribution is 5.96. The quantitative estimate of drug-likeness (QED) is 0.637. The minimum absolute atomic E-state index is 0.0186. The zero-order valence-electron chi connectivity index (χ0n) is 15.5. The molecule has 0 aliphatic heterocycles. The molecule has 0 bridgehead atoms. The van der Waals surface area contributed by atoms with Crippen molar-refractivity contribution in [2.75, 3.05) is 16.0 Å². The molecule has 3 N–H and O–H groups in total. The molecule has 29 heavy (non-hydrogen) atoms. The van der Waals surface area contributed by atoms with Gasteiger partial charge in [0, 0.05) is 23.0 Å². The second kappa shape index (κ2) is 8.42. The molecule has 1 aliphatic carbocycles. The highest BCUT2D eigenvalue weighted by Gasteiger charge is 2.31. The summed E-state index contributed by atoms with van der Waals surface area (Å²) < 4.78 is 40.3. The zero-order valence-corrected chi connectivity index (χ0v) is 15.5. The molecule has 2 aromatic rings. The van der Waals surface area contributed by atoms with Crippen LogP contribution in [0.15, 0.2) is 48.5 Å². The van der Waals surface area contributed by atoms with Gasteiger partial charge in [0.05, 0.1) is 0 Å². The fraction of sp³-hybridized carbons (Fsp3) is 0.300. The van der Waals surface area contributed by atoms with E-state index in [1.165, 1.54) is 12.1 Å². The van der Waals surface area contributed by atoms with Gasteiger partial charge in [0.15, 0.2) is 0 Å². The van der Waals surface area contributed by atoms with Crippen LogP contribution in [-0.2, 0) is 9.59 Å². The van der Waals surface area contributed by atoms with E-state index in [0.29, 0.717) is 17.1 Å². The Morgan fingerprint density at radius 1 is 0.931 bits per heavy atom. The Bertz CT molecular complexity index is 863. The van der Waals surface area contributed by atoms with Gasteiger partial charge in [-0.05, 0) is 68.3 Å². The number of carbonyl (C=O) groups excluding carboxylic acids is 2. The number of hydrogen-bond acceptors (Lipinski definition) is 4. The third kappa shape index (κ3) is 6.41. The monoisotopic (exact) mass is 407 g/mol. The van der Waals surface area contributed by atoms with E-state index in [2.05, 4.69) is 20.7 Å². The summed E-state index contributed by atoms with van der Waals surface area (Å²) in [7, 11) is 0. The van der Waals surface area contributed by atoms with Crippen molar-refractivity contribution in [1.82, 2.24) is 0 Å². The van der Waals surface area contributed by atoms with Crippen molar-refractivity contribution < 1.29 is 27.5 Å². The first-order chi connectivity index (χ1) is 13.7.